The molecule has 0 aliphatic carbocycles. The SMILES string of the molecule is O=CN1CC2CCN(C(=O)c3ccc4n[nH]nc4c3)CC2C1. The highest BCUT2D eigenvalue weighted by molar-refractivity contribution is 5.97. The van der Waals surface area contributed by atoms with Gasteiger partial charge in [-0.15, -0.1) is 0 Å². The fraction of sp³-hybridized carbons (Fsp3) is 0.467. The maximum absolute atomic E-state index is 12.7. The number of benzene rings is 1. The van der Waals surface area contributed by atoms with Gasteiger partial charge in [0.15, 0.2) is 0 Å². The van der Waals surface area contributed by atoms with Crippen LogP contribution in [0.25, 0.3) is 11.0 Å². The Labute approximate surface area is 127 Å². The molecule has 7 nitrogen and oxygen atoms in total. The maximum Gasteiger partial charge on any atom is 0.253 e. The molecule has 0 saturated carbocycles. The molecule has 2 saturated heterocycles. The molecule has 2 aliphatic rings. The van der Waals surface area contributed by atoms with E-state index in [1.54, 1.807) is 12.1 Å². The van der Waals surface area contributed by atoms with E-state index >= 15 is 0 Å². The van der Waals surface area contributed by atoms with Gasteiger partial charge in [-0.2, -0.15) is 15.4 Å². The first-order chi connectivity index (χ1) is 10.7. The Morgan fingerprint density at radius 1 is 1.18 bits per heavy atom. The van der Waals surface area contributed by atoms with E-state index in [1.807, 2.05) is 15.9 Å². The van der Waals surface area contributed by atoms with Crippen LogP contribution in [0.2, 0.25) is 0 Å². The summed E-state index contributed by atoms with van der Waals surface area (Å²) >= 11 is 0. The van der Waals surface area contributed by atoms with Gasteiger partial charge in [0.25, 0.3) is 5.91 Å². The minimum Gasteiger partial charge on any atom is -0.345 e. The van der Waals surface area contributed by atoms with E-state index in [4.69, 9.17) is 0 Å². The summed E-state index contributed by atoms with van der Waals surface area (Å²) in [5.41, 5.74) is 2.10. The third-order valence-electron chi connectivity index (χ3n) is 4.83. The number of aromatic nitrogens is 3. The Morgan fingerprint density at radius 2 is 2.00 bits per heavy atom. The number of amides is 2. The van der Waals surface area contributed by atoms with Crippen molar-refractivity contribution in [2.45, 2.75) is 6.42 Å². The van der Waals surface area contributed by atoms with Crippen molar-refractivity contribution in [2.24, 2.45) is 11.8 Å². The van der Waals surface area contributed by atoms with Crippen molar-refractivity contribution in [3.63, 3.8) is 0 Å². The van der Waals surface area contributed by atoms with Crippen LogP contribution in [0, 0.1) is 11.8 Å². The fourth-order valence-electron chi connectivity index (χ4n) is 3.63. The third kappa shape index (κ3) is 2.13. The number of carbonyl (C=O) groups is 2. The topological polar surface area (TPSA) is 82.2 Å². The lowest BCUT2D eigenvalue weighted by Gasteiger charge is -2.34. The van der Waals surface area contributed by atoms with Crippen molar-refractivity contribution in [1.82, 2.24) is 25.2 Å². The molecule has 2 amide bonds. The van der Waals surface area contributed by atoms with E-state index in [1.165, 1.54) is 0 Å². The summed E-state index contributed by atoms with van der Waals surface area (Å²) in [4.78, 5) is 27.3. The van der Waals surface area contributed by atoms with Crippen molar-refractivity contribution in [3.05, 3.63) is 23.8 Å². The second-order valence-electron chi connectivity index (χ2n) is 6.15. The molecule has 1 N–H and O–H groups in total. The second kappa shape index (κ2) is 5.08. The molecule has 0 radical (unpaired) electrons. The predicted molar refractivity (Wildman–Crippen MR) is 79.0 cm³/mol. The first-order valence-corrected chi connectivity index (χ1v) is 7.54. The fourth-order valence-corrected chi connectivity index (χ4v) is 3.63. The molecule has 3 heterocycles. The van der Waals surface area contributed by atoms with Crippen molar-refractivity contribution in [1.29, 1.82) is 0 Å². The van der Waals surface area contributed by atoms with Crippen LogP contribution >= 0.6 is 0 Å². The molecule has 2 aromatic rings. The Kier molecular flexibility index (Phi) is 3.06. The predicted octanol–water partition coefficient (Wildman–Crippen LogP) is 0.508. The van der Waals surface area contributed by atoms with Gasteiger partial charge in [-0.05, 0) is 36.5 Å². The van der Waals surface area contributed by atoms with Crippen molar-refractivity contribution in [2.75, 3.05) is 26.2 Å². The molecular formula is C15H17N5O2. The van der Waals surface area contributed by atoms with Gasteiger partial charge in [0.1, 0.15) is 11.0 Å². The minimum absolute atomic E-state index is 0.0351. The average Bonchev–Trinajstić information content (AvgIpc) is 3.18. The van der Waals surface area contributed by atoms with Gasteiger partial charge in [-0.3, -0.25) is 9.59 Å². The molecule has 114 valence electrons. The zero-order valence-electron chi connectivity index (χ0n) is 12.1. The molecule has 2 fully saturated rings. The van der Waals surface area contributed by atoms with Gasteiger partial charge in [-0.1, -0.05) is 0 Å². The zero-order valence-corrected chi connectivity index (χ0v) is 12.1. The maximum atomic E-state index is 12.7. The zero-order chi connectivity index (χ0) is 15.1. The van der Waals surface area contributed by atoms with Crippen LogP contribution in [0.5, 0.6) is 0 Å². The van der Waals surface area contributed by atoms with E-state index in [0.717, 1.165) is 44.5 Å². The number of rotatable bonds is 2. The molecule has 0 bridgehead atoms. The summed E-state index contributed by atoms with van der Waals surface area (Å²) in [6, 6.07) is 5.38. The van der Waals surface area contributed by atoms with Crippen LogP contribution < -0.4 is 0 Å². The van der Waals surface area contributed by atoms with Crippen molar-refractivity contribution in [3.8, 4) is 0 Å². The minimum atomic E-state index is 0.0351. The number of carbonyl (C=O) groups excluding carboxylic acids is 2. The van der Waals surface area contributed by atoms with Crippen LogP contribution in [-0.2, 0) is 4.79 Å². The summed E-state index contributed by atoms with van der Waals surface area (Å²) in [5, 5.41) is 10.6. The van der Waals surface area contributed by atoms with Crippen molar-refractivity contribution >= 4 is 23.4 Å². The first kappa shape index (κ1) is 13.2. The smallest absolute Gasteiger partial charge is 0.253 e. The number of H-pyrrole nitrogens is 1. The number of nitrogens with one attached hydrogen (secondary N) is 1. The molecule has 2 unspecified atom stereocenters. The van der Waals surface area contributed by atoms with E-state index in [-0.39, 0.29) is 5.91 Å². The standard InChI is InChI=1S/C15H17N5O2/c21-9-19-6-11-3-4-20(8-12(11)7-19)15(22)10-1-2-13-14(5-10)17-18-16-13/h1-2,5,9,11-12H,3-4,6-8H2,(H,16,17,18). The van der Waals surface area contributed by atoms with Crippen LogP contribution in [-0.4, -0.2) is 63.7 Å². The van der Waals surface area contributed by atoms with Gasteiger partial charge < -0.3 is 9.80 Å². The highest BCUT2D eigenvalue weighted by atomic mass is 16.2. The molecular weight excluding hydrogens is 282 g/mol. The molecule has 7 heteroatoms. The van der Waals surface area contributed by atoms with Gasteiger partial charge in [-0.25, -0.2) is 0 Å². The summed E-state index contributed by atoms with van der Waals surface area (Å²) in [6.45, 7) is 3.08. The number of hydrogen-bond acceptors (Lipinski definition) is 4. The molecule has 1 aromatic heterocycles. The lowest BCUT2D eigenvalue weighted by atomic mass is 9.88. The Morgan fingerprint density at radius 3 is 2.86 bits per heavy atom. The molecule has 22 heavy (non-hydrogen) atoms. The quantitative estimate of drug-likeness (QED) is 0.819. The molecule has 4 rings (SSSR count). The average molecular weight is 299 g/mol. The summed E-state index contributed by atoms with van der Waals surface area (Å²) in [5.74, 6) is 0.971. The Hall–Kier alpha value is -2.44. The van der Waals surface area contributed by atoms with Crippen LogP contribution in [0.1, 0.15) is 16.8 Å². The number of likely N-dealkylation sites (tertiary alicyclic amines) is 2. The Bertz CT molecular complexity index is 728. The summed E-state index contributed by atoms with van der Waals surface area (Å²) in [6.07, 6.45) is 1.88. The van der Waals surface area contributed by atoms with E-state index in [9.17, 15) is 9.59 Å². The van der Waals surface area contributed by atoms with Gasteiger partial charge in [0.05, 0.1) is 0 Å². The number of aromatic amines is 1. The largest absolute Gasteiger partial charge is 0.345 e. The lowest BCUT2D eigenvalue weighted by Crippen LogP contribution is -2.43. The third-order valence-corrected chi connectivity index (χ3v) is 4.83. The highest BCUT2D eigenvalue weighted by Crippen LogP contribution is 2.31. The Balaban J connectivity index is 1.52. The van der Waals surface area contributed by atoms with Crippen LogP contribution in [0.4, 0.5) is 0 Å². The number of nitrogens with zero attached hydrogens (tertiary/aromatic N) is 4. The van der Waals surface area contributed by atoms with Gasteiger partial charge in [0, 0.05) is 31.7 Å². The number of hydrogen-bond donors (Lipinski definition) is 1. The number of piperidine rings is 1. The lowest BCUT2D eigenvalue weighted by molar-refractivity contribution is -0.117. The van der Waals surface area contributed by atoms with E-state index in [2.05, 4.69) is 15.4 Å². The highest BCUT2D eigenvalue weighted by Gasteiger charge is 2.38. The molecule has 0 spiro atoms. The number of fused-ring (bicyclic) bond motifs is 2. The normalized spacial score (nSPS) is 24.5. The molecule has 1 aromatic carbocycles. The first-order valence-electron chi connectivity index (χ1n) is 7.54. The van der Waals surface area contributed by atoms with E-state index in [0.29, 0.717) is 22.9 Å². The van der Waals surface area contributed by atoms with Crippen molar-refractivity contribution < 1.29 is 9.59 Å². The second-order valence-corrected chi connectivity index (χ2v) is 6.15. The van der Waals surface area contributed by atoms with Gasteiger partial charge in [0.2, 0.25) is 6.41 Å². The van der Waals surface area contributed by atoms with E-state index < -0.39 is 0 Å². The molecule has 2 atom stereocenters. The van der Waals surface area contributed by atoms with Gasteiger partial charge >= 0.3 is 0 Å². The summed E-state index contributed by atoms with van der Waals surface area (Å²) < 4.78 is 0. The monoisotopic (exact) mass is 299 g/mol. The molecule has 2 aliphatic heterocycles. The summed E-state index contributed by atoms with van der Waals surface area (Å²) in [7, 11) is 0. The van der Waals surface area contributed by atoms with Crippen LogP contribution in [0.15, 0.2) is 18.2 Å². The van der Waals surface area contributed by atoms with Crippen LogP contribution in [0.3, 0.4) is 0 Å².